The Kier molecular flexibility index (Phi) is 3.95. The highest BCUT2D eigenvalue weighted by atomic mass is 16.2. The highest BCUT2D eigenvalue weighted by Crippen LogP contribution is 2.31. The number of rotatable bonds is 3. The lowest BCUT2D eigenvalue weighted by Crippen LogP contribution is -2.51. The molecule has 0 radical (unpaired) electrons. The number of hydrogen-bond donors (Lipinski definition) is 0. The summed E-state index contributed by atoms with van der Waals surface area (Å²) in [6.45, 7) is 4.76. The number of hydrogen-bond acceptors (Lipinski definition) is 2. The molecule has 0 unspecified atom stereocenters. The third-order valence-electron chi connectivity index (χ3n) is 4.31. The van der Waals surface area contributed by atoms with Gasteiger partial charge < -0.3 is 9.80 Å². The van der Waals surface area contributed by atoms with Crippen LogP contribution in [0, 0.1) is 12.8 Å². The van der Waals surface area contributed by atoms with Crippen molar-refractivity contribution >= 4 is 11.8 Å². The Bertz CT molecular complexity index is 543. The van der Waals surface area contributed by atoms with E-state index in [9.17, 15) is 9.59 Å². The second kappa shape index (κ2) is 5.88. The number of benzene rings is 1. The van der Waals surface area contributed by atoms with Crippen LogP contribution in [0.3, 0.4) is 0 Å². The summed E-state index contributed by atoms with van der Waals surface area (Å²) >= 11 is 0. The van der Waals surface area contributed by atoms with Gasteiger partial charge in [-0.25, -0.2) is 0 Å². The van der Waals surface area contributed by atoms with E-state index in [2.05, 4.69) is 6.07 Å². The van der Waals surface area contributed by atoms with Gasteiger partial charge in [-0.15, -0.1) is 0 Å². The molecule has 1 aromatic carbocycles. The van der Waals surface area contributed by atoms with Crippen molar-refractivity contribution in [1.82, 2.24) is 9.80 Å². The molecule has 1 saturated heterocycles. The Morgan fingerprint density at radius 3 is 2.38 bits per heavy atom. The van der Waals surface area contributed by atoms with Crippen LogP contribution in [0.15, 0.2) is 24.3 Å². The fraction of sp³-hybridized carbons (Fsp3) is 0.529. The molecule has 3 rings (SSSR count). The van der Waals surface area contributed by atoms with Crippen molar-refractivity contribution in [2.45, 2.75) is 26.2 Å². The van der Waals surface area contributed by atoms with Crippen molar-refractivity contribution in [2.75, 3.05) is 26.2 Å². The summed E-state index contributed by atoms with van der Waals surface area (Å²) in [5.74, 6) is 0.736. The predicted octanol–water partition coefficient (Wildman–Crippen LogP) is 1.62. The summed E-state index contributed by atoms with van der Waals surface area (Å²) in [5.41, 5.74) is 2.25. The molecule has 2 amide bonds. The van der Waals surface area contributed by atoms with E-state index >= 15 is 0 Å². The van der Waals surface area contributed by atoms with Crippen LogP contribution in [-0.2, 0) is 16.0 Å². The van der Waals surface area contributed by atoms with E-state index in [1.807, 2.05) is 34.9 Å². The van der Waals surface area contributed by atoms with Gasteiger partial charge in [0.1, 0.15) is 0 Å². The lowest BCUT2D eigenvalue weighted by molar-refractivity contribution is -0.140. The zero-order valence-electron chi connectivity index (χ0n) is 12.5. The smallest absolute Gasteiger partial charge is 0.227 e. The molecule has 1 aromatic rings. The average molecular weight is 286 g/mol. The Labute approximate surface area is 125 Å². The normalized spacial score (nSPS) is 18.7. The van der Waals surface area contributed by atoms with Gasteiger partial charge in [0.05, 0.1) is 6.42 Å². The largest absolute Gasteiger partial charge is 0.339 e. The van der Waals surface area contributed by atoms with E-state index in [0.29, 0.717) is 38.5 Å². The molecule has 0 spiro atoms. The molecule has 2 aliphatic rings. The monoisotopic (exact) mass is 286 g/mol. The van der Waals surface area contributed by atoms with Gasteiger partial charge in [0.25, 0.3) is 0 Å². The summed E-state index contributed by atoms with van der Waals surface area (Å²) in [7, 11) is 0. The molecule has 112 valence electrons. The third-order valence-corrected chi connectivity index (χ3v) is 4.31. The number of aryl methyl sites for hydroxylation is 1. The Hall–Kier alpha value is -1.84. The highest BCUT2D eigenvalue weighted by Gasteiger charge is 2.35. The van der Waals surface area contributed by atoms with Gasteiger partial charge >= 0.3 is 0 Å². The van der Waals surface area contributed by atoms with Crippen molar-refractivity contribution in [3.8, 4) is 0 Å². The summed E-state index contributed by atoms with van der Waals surface area (Å²) in [6, 6.07) is 8.09. The maximum absolute atomic E-state index is 12.3. The Morgan fingerprint density at radius 2 is 1.76 bits per heavy atom. The molecular weight excluding hydrogens is 264 g/mol. The molecule has 4 nitrogen and oxygen atoms in total. The molecule has 0 aromatic heterocycles. The van der Waals surface area contributed by atoms with Gasteiger partial charge in [-0.05, 0) is 25.3 Å². The first-order valence-corrected chi connectivity index (χ1v) is 7.75. The maximum Gasteiger partial charge on any atom is 0.227 e. The van der Waals surface area contributed by atoms with Gasteiger partial charge in [0.15, 0.2) is 0 Å². The molecule has 1 saturated carbocycles. The lowest BCUT2D eigenvalue weighted by Gasteiger charge is -2.35. The summed E-state index contributed by atoms with van der Waals surface area (Å²) in [4.78, 5) is 28.1. The van der Waals surface area contributed by atoms with E-state index in [1.54, 1.807) is 0 Å². The van der Waals surface area contributed by atoms with E-state index in [1.165, 1.54) is 5.56 Å². The standard InChI is InChI=1S/C17H22N2O2/c1-13-3-2-4-14(11-13)12-16(20)18-7-9-19(10-8-18)17(21)15-5-6-15/h2-4,11,15H,5-10,12H2,1H3. The first kappa shape index (κ1) is 14.1. The summed E-state index contributed by atoms with van der Waals surface area (Å²) in [5, 5.41) is 0. The molecule has 2 fully saturated rings. The number of amides is 2. The molecule has 1 aliphatic heterocycles. The molecule has 4 heteroatoms. The van der Waals surface area contributed by atoms with Crippen molar-refractivity contribution in [3.05, 3.63) is 35.4 Å². The van der Waals surface area contributed by atoms with Crippen LogP contribution in [-0.4, -0.2) is 47.8 Å². The number of piperazine rings is 1. The molecule has 21 heavy (non-hydrogen) atoms. The van der Waals surface area contributed by atoms with E-state index in [4.69, 9.17) is 0 Å². The molecule has 0 bridgehead atoms. The maximum atomic E-state index is 12.3. The fourth-order valence-electron chi connectivity index (χ4n) is 2.87. The quantitative estimate of drug-likeness (QED) is 0.847. The van der Waals surface area contributed by atoms with Crippen LogP contribution < -0.4 is 0 Å². The molecule has 1 aliphatic carbocycles. The molecular formula is C17H22N2O2. The van der Waals surface area contributed by atoms with Gasteiger partial charge in [-0.3, -0.25) is 9.59 Å². The average Bonchev–Trinajstić information content (AvgIpc) is 3.31. The van der Waals surface area contributed by atoms with E-state index in [-0.39, 0.29) is 11.8 Å². The van der Waals surface area contributed by atoms with E-state index in [0.717, 1.165) is 18.4 Å². The zero-order valence-corrected chi connectivity index (χ0v) is 12.5. The SMILES string of the molecule is Cc1cccc(CC(=O)N2CCN(C(=O)C3CC3)CC2)c1. The van der Waals surface area contributed by atoms with Crippen LogP contribution in [0.5, 0.6) is 0 Å². The van der Waals surface area contributed by atoms with Crippen molar-refractivity contribution in [3.63, 3.8) is 0 Å². The minimum Gasteiger partial charge on any atom is -0.339 e. The first-order valence-electron chi connectivity index (χ1n) is 7.75. The Morgan fingerprint density at radius 1 is 1.10 bits per heavy atom. The highest BCUT2D eigenvalue weighted by molar-refractivity contribution is 5.82. The van der Waals surface area contributed by atoms with Gasteiger partial charge in [0, 0.05) is 32.1 Å². The lowest BCUT2D eigenvalue weighted by atomic mass is 10.1. The van der Waals surface area contributed by atoms with Crippen LogP contribution in [0.4, 0.5) is 0 Å². The van der Waals surface area contributed by atoms with Crippen molar-refractivity contribution in [2.24, 2.45) is 5.92 Å². The minimum absolute atomic E-state index is 0.166. The van der Waals surface area contributed by atoms with Gasteiger partial charge in [-0.2, -0.15) is 0 Å². The van der Waals surface area contributed by atoms with Crippen LogP contribution in [0.1, 0.15) is 24.0 Å². The summed E-state index contributed by atoms with van der Waals surface area (Å²) in [6.07, 6.45) is 2.55. The van der Waals surface area contributed by atoms with Crippen LogP contribution in [0.25, 0.3) is 0 Å². The van der Waals surface area contributed by atoms with Crippen molar-refractivity contribution in [1.29, 1.82) is 0 Å². The Balaban J connectivity index is 1.51. The van der Waals surface area contributed by atoms with Crippen molar-refractivity contribution < 1.29 is 9.59 Å². The topological polar surface area (TPSA) is 40.6 Å². The minimum atomic E-state index is 0.166. The molecule has 0 N–H and O–H groups in total. The zero-order chi connectivity index (χ0) is 14.8. The van der Waals surface area contributed by atoms with Gasteiger partial charge in [0.2, 0.25) is 11.8 Å². The predicted molar refractivity (Wildman–Crippen MR) is 80.8 cm³/mol. The molecule has 0 atom stereocenters. The summed E-state index contributed by atoms with van der Waals surface area (Å²) < 4.78 is 0. The first-order chi connectivity index (χ1) is 10.1. The van der Waals surface area contributed by atoms with Crippen LogP contribution in [0.2, 0.25) is 0 Å². The van der Waals surface area contributed by atoms with E-state index < -0.39 is 0 Å². The van der Waals surface area contributed by atoms with Crippen LogP contribution >= 0.6 is 0 Å². The number of nitrogens with zero attached hydrogens (tertiary/aromatic N) is 2. The fourth-order valence-corrected chi connectivity index (χ4v) is 2.87. The number of carbonyl (C=O) groups is 2. The second-order valence-electron chi connectivity index (χ2n) is 6.15. The number of carbonyl (C=O) groups excluding carboxylic acids is 2. The molecule has 1 heterocycles. The second-order valence-corrected chi connectivity index (χ2v) is 6.15. The third kappa shape index (κ3) is 3.43. The van der Waals surface area contributed by atoms with Gasteiger partial charge in [-0.1, -0.05) is 29.8 Å².